The first-order valence-electron chi connectivity index (χ1n) is 8.97. The molecule has 1 aliphatic heterocycles. The van der Waals surface area contributed by atoms with Crippen molar-refractivity contribution in [1.82, 2.24) is 15.1 Å². The summed E-state index contributed by atoms with van der Waals surface area (Å²) in [6.07, 6.45) is 3.83. The summed E-state index contributed by atoms with van der Waals surface area (Å²) in [5.74, 6) is 0. The summed E-state index contributed by atoms with van der Waals surface area (Å²) >= 11 is 0. The number of nitrogens with zero attached hydrogens (tertiary/aromatic N) is 2. The SMILES string of the molecule is CN(C)CCN(C(=O)NCCCc1ccccc1)C1CCOCC1. The van der Waals surface area contributed by atoms with E-state index in [0.29, 0.717) is 6.04 Å². The lowest BCUT2D eigenvalue weighted by Gasteiger charge is -2.35. The van der Waals surface area contributed by atoms with Crippen LogP contribution in [0, 0.1) is 0 Å². The summed E-state index contributed by atoms with van der Waals surface area (Å²) in [7, 11) is 4.08. The highest BCUT2D eigenvalue weighted by molar-refractivity contribution is 5.74. The predicted molar refractivity (Wildman–Crippen MR) is 97.3 cm³/mol. The van der Waals surface area contributed by atoms with Crippen molar-refractivity contribution in [3.63, 3.8) is 0 Å². The maximum absolute atomic E-state index is 12.6. The van der Waals surface area contributed by atoms with Crippen LogP contribution in [0.3, 0.4) is 0 Å². The van der Waals surface area contributed by atoms with E-state index in [1.807, 2.05) is 25.1 Å². The number of likely N-dealkylation sites (N-methyl/N-ethyl adjacent to an activating group) is 1. The minimum Gasteiger partial charge on any atom is -0.381 e. The first-order valence-corrected chi connectivity index (χ1v) is 8.97. The van der Waals surface area contributed by atoms with Gasteiger partial charge >= 0.3 is 6.03 Å². The molecule has 0 radical (unpaired) electrons. The molecular formula is C19H31N3O2. The van der Waals surface area contributed by atoms with Gasteiger partial charge < -0.3 is 19.9 Å². The molecule has 24 heavy (non-hydrogen) atoms. The molecule has 1 aromatic rings. The van der Waals surface area contributed by atoms with E-state index in [-0.39, 0.29) is 6.03 Å². The van der Waals surface area contributed by atoms with Gasteiger partial charge in [-0.2, -0.15) is 0 Å². The Bertz CT molecular complexity index is 473. The molecule has 2 rings (SSSR count). The predicted octanol–water partition coefficient (Wildman–Crippen LogP) is 2.37. The van der Waals surface area contributed by atoms with E-state index in [0.717, 1.165) is 58.5 Å². The van der Waals surface area contributed by atoms with Crippen molar-refractivity contribution in [2.75, 3.05) is 46.9 Å². The summed E-state index contributed by atoms with van der Waals surface area (Å²) in [4.78, 5) is 16.7. The van der Waals surface area contributed by atoms with Gasteiger partial charge in [-0.15, -0.1) is 0 Å². The fraction of sp³-hybridized carbons (Fsp3) is 0.632. The number of hydrogen-bond acceptors (Lipinski definition) is 3. The molecule has 1 saturated heterocycles. The number of aryl methyl sites for hydroxylation is 1. The quantitative estimate of drug-likeness (QED) is 0.743. The van der Waals surface area contributed by atoms with E-state index in [9.17, 15) is 4.79 Å². The molecule has 5 nitrogen and oxygen atoms in total. The Labute approximate surface area is 146 Å². The van der Waals surface area contributed by atoms with Crippen LogP contribution in [0.15, 0.2) is 30.3 Å². The van der Waals surface area contributed by atoms with Gasteiger partial charge in [-0.1, -0.05) is 30.3 Å². The van der Waals surface area contributed by atoms with Crippen LogP contribution in [0.5, 0.6) is 0 Å². The number of hydrogen-bond donors (Lipinski definition) is 1. The molecule has 0 aliphatic carbocycles. The second kappa shape index (κ2) is 10.3. The topological polar surface area (TPSA) is 44.8 Å². The van der Waals surface area contributed by atoms with E-state index >= 15 is 0 Å². The molecule has 0 atom stereocenters. The number of nitrogens with one attached hydrogen (secondary N) is 1. The van der Waals surface area contributed by atoms with Gasteiger partial charge in [0, 0.05) is 38.9 Å². The van der Waals surface area contributed by atoms with Crippen molar-refractivity contribution in [1.29, 1.82) is 0 Å². The molecule has 0 aromatic heterocycles. The van der Waals surface area contributed by atoms with Crippen molar-refractivity contribution in [2.24, 2.45) is 0 Å². The van der Waals surface area contributed by atoms with Crippen molar-refractivity contribution in [3.8, 4) is 0 Å². The Hall–Kier alpha value is -1.59. The summed E-state index contributed by atoms with van der Waals surface area (Å²) in [6.45, 7) is 3.88. The highest BCUT2D eigenvalue weighted by atomic mass is 16.5. The van der Waals surface area contributed by atoms with Crippen molar-refractivity contribution in [3.05, 3.63) is 35.9 Å². The van der Waals surface area contributed by atoms with Crippen LogP contribution < -0.4 is 5.32 Å². The van der Waals surface area contributed by atoms with Gasteiger partial charge in [0.15, 0.2) is 0 Å². The fourth-order valence-electron chi connectivity index (χ4n) is 2.99. The number of rotatable bonds is 8. The smallest absolute Gasteiger partial charge is 0.317 e. The van der Waals surface area contributed by atoms with Gasteiger partial charge in [0.1, 0.15) is 0 Å². The Morgan fingerprint density at radius 2 is 1.88 bits per heavy atom. The highest BCUT2D eigenvalue weighted by Gasteiger charge is 2.25. The van der Waals surface area contributed by atoms with Gasteiger partial charge in [0.25, 0.3) is 0 Å². The van der Waals surface area contributed by atoms with E-state index in [2.05, 4.69) is 34.5 Å². The molecule has 0 spiro atoms. The molecule has 1 aromatic carbocycles. The molecule has 0 saturated carbocycles. The number of carbonyl (C=O) groups excluding carboxylic acids is 1. The fourth-order valence-corrected chi connectivity index (χ4v) is 2.99. The second-order valence-electron chi connectivity index (χ2n) is 6.66. The molecule has 5 heteroatoms. The summed E-state index contributed by atoms with van der Waals surface area (Å²) in [5, 5.41) is 3.10. The van der Waals surface area contributed by atoms with E-state index in [4.69, 9.17) is 4.74 Å². The minimum absolute atomic E-state index is 0.0665. The molecule has 0 bridgehead atoms. The largest absolute Gasteiger partial charge is 0.381 e. The third kappa shape index (κ3) is 6.49. The number of carbonyl (C=O) groups is 1. The number of benzene rings is 1. The van der Waals surface area contributed by atoms with Gasteiger partial charge in [-0.25, -0.2) is 4.79 Å². The second-order valence-corrected chi connectivity index (χ2v) is 6.66. The Morgan fingerprint density at radius 3 is 2.54 bits per heavy atom. The molecule has 2 amide bonds. The molecule has 134 valence electrons. The molecular weight excluding hydrogens is 302 g/mol. The molecule has 1 heterocycles. The van der Waals surface area contributed by atoms with Crippen LogP contribution in [0.1, 0.15) is 24.8 Å². The zero-order valence-electron chi connectivity index (χ0n) is 15.0. The average Bonchev–Trinajstić information content (AvgIpc) is 2.60. The minimum atomic E-state index is 0.0665. The Balaban J connectivity index is 1.77. The Kier molecular flexibility index (Phi) is 8.05. The van der Waals surface area contributed by atoms with Gasteiger partial charge in [-0.05, 0) is 45.3 Å². The third-order valence-corrected chi connectivity index (χ3v) is 4.44. The number of ether oxygens (including phenoxy) is 1. The summed E-state index contributed by atoms with van der Waals surface area (Å²) in [6, 6.07) is 10.8. The van der Waals surface area contributed by atoms with Crippen LogP contribution in [-0.2, 0) is 11.2 Å². The first-order chi connectivity index (χ1) is 11.7. The lowest BCUT2D eigenvalue weighted by molar-refractivity contribution is 0.0443. The van der Waals surface area contributed by atoms with Crippen molar-refractivity contribution < 1.29 is 9.53 Å². The van der Waals surface area contributed by atoms with Crippen LogP contribution in [-0.4, -0.2) is 68.8 Å². The molecule has 1 fully saturated rings. The van der Waals surface area contributed by atoms with Crippen LogP contribution in [0.2, 0.25) is 0 Å². The number of amides is 2. The van der Waals surface area contributed by atoms with E-state index in [1.165, 1.54) is 5.56 Å². The zero-order valence-corrected chi connectivity index (χ0v) is 15.0. The molecule has 0 unspecified atom stereocenters. The van der Waals surface area contributed by atoms with Gasteiger partial charge in [0.2, 0.25) is 0 Å². The maximum atomic E-state index is 12.6. The normalized spacial score (nSPS) is 15.5. The molecule has 1 N–H and O–H groups in total. The summed E-state index contributed by atoms with van der Waals surface area (Å²) in [5.41, 5.74) is 1.32. The highest BCUT2D eigenvalue weighted by Crippen LogP contribution is 2.14. The van der Waals surface area contributed by atoms with Crippen molar-refractivity contribution in [2.45, 2.75) is 31.7 Å². The van der Waals surface area contributed by atoms with Crippen LogP contribution in [0.25, 0.3) is 0 Å². The van der Waals surface area contributed by atoms with E-state index < -0.39 is 0 Å². The lowest BCUT2D eigenvalue weighted by atomic mass is 10.1. The van der Waals surface area contributed by atoms with Gasteiger partial charge in [-0.3, -0.25) is 0 Å². The van der Waals surface area contributed by atoms with Crippen LogP contribution in [0.4, 0.5) is 4.79 Å². The summed E-state index contributed by atoms with van der Waals surface area (Å²) < 4.78 is 5.43. The van der Waals surface area contributed by atoms with Crippen molar-refractivity contribution >= 4 is 6.03 Å². The van der Waals surface area contributed by atoms with E-state index in [1.54, 1.807) is 0 Å². The standard InChI is InChI=1S/C19H31N3O2/c1-21(2)13-14-22(18-10-15-24-16-11-18)19(23)20-12-6-9-17-7-4-3-5-8-17/h3-5,7-8,18H,6,9-16H2,1-2H3,(H,20,23). The average molecular weight is 333 g/mol. The number of urea groups is 1. The maximum Gasteiger partial charge on any atom is 0.317 e. The monoisotopic (exact) mass is 333 g/mol. The van der Waals surface area contributed by atoms with Gasteiger partial charge in [0.05, 0.1) is 0 Å². The third-order valence-electron chi connectivity index (χ3n) is 4.44. The van der Waals surface area contributed by atoms with Crippen LogP contribution >= 0.6 is 0 Å². The first kappa shape index (κ1) is 18.7. The Morgan fingerprint density at radius 1 is 1.17 bits per heavy atom. The zero-order chi connectivity index (χ0) is 17.2. The lowest BCUT2D eigenvalue weighted by Crippen LogP contribution is -2.50. The molecule has 1 aliphatic rings.